The van der Waals surface area contributed by atoms with Crippen molar-refractivity contribution < 1.29 is 4.74 Å². The van der Waals surface area contributed by atoms with Crippen LogP contribution in [0.5, 0.6) is 0 Å². The summed E-state index contributed by atoms with van der Waals surface area (Å²) in [5, 5.41) is 10.0. The molecular formula is C21H33IN4OS. The van der Waals surface area contributed by atoms with Gasteiger partial charge < -0.3 is 15.4 Å². The van der Waals surface area contributed by atoms with E-state index in [4.69, 9.17) is 4.74 Å². The minimum Gasteiger partial charge on any atom is -0.376 e. The number of hydrogen-bond acceptors (Lipinski definition) is 4. The molecule has 0 aliphatic carbocycles. The number of aryl methyl sites for hydroxylation is 2. The first kappa shape index (κ1) is 24.8. The van der Waals surface area contributed by atoms with Crippen LogP contribution in [0.3, 0.4) is 0 Å². The van der Waals surface area contributed by atoms with Crippen molar-refractivity contribution in [3.8, 4) is 0 Å². The predicted molar refractivity (Wildman–Crippen MR) is 130 cm³/mol. The topological polar surface area (TPSA) is 58.5 Å². The second-order valence-electron chi connectivity index (χ2n) is 6.74. The molecular weight excluding hydrogens is 483 g/mol. The van der Waals surface area contributed by atoms with E-state index >= 15 is 0 Å². The highest BCUT2D eigenvalue weighted by atomic mass is 127. The van der Waals surface area contributed by atoms with Crippen molar-refractivity contribution in [1.29, 1.82) is 0 Å². The number of benzene rings is 1. The fourth-order valence-corrected chi connectivity index (χ4v) is 3.38. The van der Waals surface area contributed by atoms with Crippen LogP contribution >= 0.6 is 35.3 Å². The van der Waals surface area contributed by atoms with Gasteiger partial charge in [-0.1, -0.05) is 37.3 Å². The molecule has 2 rings (SSSR count). The Hall–Kier alpha value is -1.19. The standard InChI is InChI=1S/C21H32N4OS.HI/c1-4-22-21(23-12-8-11-20-25-18(3)16-27-20)24-13-17(2)14-26-15-19-9-6-5-7-10-19;/h5-7,9-10,16-17H,4,8,11-15H2,1-3H3,(H2,22,23,24);1H. The molecule has 2 aromatic rings. The molecule has 0 fully saturated rings. The normalized spacial score (nSPS) is 12.3. The van der Waals surface area contributed by atoms with Gasteiger partial charge in [-0.3, -0.25) is 4.99 Å². The maximum Gasteiger partial charge on any atom is 0.191 e. The Morgan fingerprint density at radius 2 is 2.04 bits per heavy atom. The number of hydrogen-bond donors (Lipinski definition) is 2. The van der Waals surface area contributed by atoms with Crippen LogP contribution in [0.15, 0.2) is 40.7 Å². The van der Waals surface area contributed by atoms with Gasteiger partial charge in [0.2, 0.25) is 0 Å². The molecule has 7 heteroatoms. The number of thiazole rings is 1. The Balaban J connectivity index is 0.00000392. The van der Waals surface area contributed by atoms with Crippen LogP contribution < -0.4 is 10.6 Å². The summed E-state index contributed by atoms with van der Waals surface area (Å²) in [7, 11) is 0. The quantitative estimate of drug-likeness (QED) is 0.201. The Morgan fingerprint density at radius 3 is 2.71 bits per heavy atom. The number of aromatic nitrogens is 1. The van der Waals surface area contributed by atoms with Crippen molar-refractivity contribution >= 4 is 41.3 Å². The number of aliphatic imine (C=N–C) groups is 1. The van der Waals surface area contributed by atoms with Gasteiger partial charge in [0.1, 0.15) is 0 Å². The average molecular weight is 516 g/mol. The van der Waals surface area contributed by atoms with Crippen LogP contribution in [-0.4, -0.2) is 37.2 Å². The average Bonchev–Trinajstić information content (AvgIpc) is 3.09. The third kappa shape index (κ3) is 10.4. The first-order chi connectivity index (χ1) is 13.2. The first-order valence-electron chi connectivity index (χ1n) is 9.72. The van der Waals surface area contributed by atoms with Gasteiger partial charge >= 0.3 is 0 Å². The molecule has 0 saturated carbocycles. The highest BCUT2D eigenvalue weighted by molar-refractivity contribution is 14.0. The summed E-state index contributed by atoms with van der Waals surface area (Å²) in [6.45, 7) is 10.2. The lowest BCUT2D eigenvalue weighted by atomic mass is 10.2. The molecule has 0 bridgehead atoms. The van der Waals surface area contributed by atoms with E-state index < -0.39 is 0 Å². The molecule has 0 aliphatic heterocycles. The molecule has 1 unspecified atom stereocenters. The maximum atomic E-state index is 5.81. The summed E-state index contributed by atoms with van der Waals surface area (Å²) < 4.78 is 5.81. The Labute approximate surface area is 190 Å². The van der Waals surface area contributed by atoms with E-state index in [1.807, 2.05) is 25.1 Å². The zero-order chi connectivity index (χ0) is 19.3. The van der Waals surface area contributed by atoms with Crippen molar-refractivity contribution in [2.75, 3.05) is 26.2 Å². The Morgan fingerprint density at radius 1 is 1.25 bits per heavy atom. The molecule has 0 aliphatic rings. The van der Waals surface area contributed by atoms with Gasteiger partial charge in [-0.05, 0) is 31.7 Å². The number of guanidine groups is 1. The molecule has 1 aromatic heterocycles. The molecule has 2 N–H and O–H groups in total. The molecule has 0 spiro atoms. The second kappa shape index (κ2) is 14.8. The summed E-state index contributed by atoms with van der Waals surface area (Å²) in [5.41, 5.74) is 2.32. The zero-order valence-electron chi connectivity index (χ0n) is 17.1. The third-order valence-electron chi connectivity index (χ3n) is 3.95. The summed E-state index contributed by atoms with van der Waals surface area (Å²) in [6.07, 6.45) is 2.06. The number of halogens is 1. The van der Waals surface area contributed by atoms with Gasteiger partial charge in [-0.2, -0.15) is 0 Å². The lowest BCUT2D eigenvalue weighted by Crippen LogP contribution is -2.38. The van der Waals surface area contributed by atoms with Gasteiger partial charge in [0.25, 0.3) is 0 Å². The molecule has 28 heavy (non-hydrogen) atoms. The molecule has 0 saturated heterocycles. The molecule has 5 nitrogen and oxygen atoms in total. The van der Waals surface area contributed by atoms with E-state index in [2.05, 4.69) is 52.0 Å². The zero-order valence-corrected chi connectivity index (χ0v) is 20.3. The van der Waals surface area contributed by atoms with Crippen molar-refractivity contribution in [2.24, 2.45) is 10.9 Å². The molecule has 1 aromatic carbocycles. The van der Waals surface area contributed by atoms with Gasteiger partial charge in [0, 0.05) is 37.1 Å². The fraction of sp³-hybridized carbons (Fsp3) is 0.524. The van der Waals surface area contributed by atoms with Crippen LogP contribution in [0.2, 0.25) is 0 Å². The Bertz CT molecular complexity index is 678. The van der Waals surface area contributed by atoms with Crippen LogP contribution in [0.4, 0.5) is 0 Å². The van der Waals surface area contributed by atoms with Crippen LogP contribution in [0.1, 0.15) is 36.5 Å². The van der Waals surface area contributed by atoms with E-state index in [9.17, 15) is 0 Å². The van der Waals surface area contributed by atoms with Crippen molar-refractivity contribution in [2.45, 2.75) is 40.2 Å². The van der Waals surface area contributed by atoms with Crippen molar-refractivity contribution in [3.63, 3.8) is 0 Å². The second-order valence-corrected chi connectivity index (χ2v) is 7.68. The molecule has 0 amide bonds. The van der Waals surface area contributed by atoms with Crippen LogP contribution in [0, 0.1) is 12.8 Å². The summed E-state index contributed by atoms with van der Waals surface area (Å²) in [4.78, 5) is 9.19. The van der Waals surface area contributed by atoms with Gasteiger partial charge in [0.05, 0.1) is 18.2 Å². The molecule has 1 atom stereocenters. The van der Waals surface area contributed by atoms with E-state index in [1.165, 1.54) is 10.6 Å². The largest absolute Gasteiger partial charge is 0.376 e. The van der Waals surface area contributed by atoms with Gasteiger partial charge in [-0.25, -0.2) is 4.98 Å². The number of ether oxygens (including phenoxy) is 1. The number of nitrogens with one attached hydrogen (secondary N) is 2. The third-order valence-corrected chi connectivity index (χ3v) is 4.97. The lowest BCUT2D eigenvalue weighted by Gasteiger charge is -2.13. The van der Waals surface area contributed by atoms with E-state index in [0.29, 0.717) is 19.1 Å². The summed E-state index contributed by atoms with van der Waals surface area (Å²) >= 11 is 1.74. The summed E-state index contributed by atoms with van der Waals surface area (Å²) in [5.74, 6) is 1.25. The monoisotopic (exact) mass is 516 g/mol. The van der Waals surface area contributed by atoms with Crippen LogP contribution in [0.25, 0.3) is 0 Å². The van der Waals surface area contributed by atoms with Crippen molar-refractivity contribution in [3.05, 3.63) is 52.0 Å². The van der Waals surface area contributed by atoms with E-state index in [1.54, 1.807) is 11.3 Å². The van der Waals surface area contributed by atoms with Gasteiger partial charge in [-0.15, -0.1) is 35.3 Å². The molecule has 156 valence electrons. The number of rotatable bonds is 11. The highest BCUT2D eigenvalue weighted by Gasteiger charge is 2.04. The SMILES string of the molecule is CCNC(=NCC(C)COCc1ccccc1)NCCCc1nc(C)cs1.I. The predicted octanol–water partition coefficient (Wildman–Crippen LogP) is 4.41. The number of nitrogens with zero attached hydrogens (tertiary/aromatic N) is 2. The van der Waals surface area contributed by atoms with Crippen LogP contribution in [-0.2, 0) is 17.8 Å². The van der Waals surface area contributed by atoms with E-state index in [-0.39, 0.29) is 24.0 Å². The van der Waals surface area contributed by atoms with E-state index in [0.717, 1.165) is 44.1 Å². The smallest absolute Gasteiger partial charge is 0.191 e. The van der Waals surface area contributed by atoms with Crippen molar-refractivity contribution in [1.82, 2.24) is 15.6 Å². The minimum atomic E-state index is 0. The molecule has 1 heterocycles. The van der Waals surface area contributed by atoms with Gasteiger partial charge in [0.15, 0.2) is 5.96 Å². The minimum absolute atomic E-state index is 0. The Kier molecular flexibility index (Phi) is 13.1. The summed E-state index contributed by atoms with van der Waals surface area (Å²) in [6, 6.07) is 10.3. The fourth-order valence-electron chi connectivity index (χ4n) is 2.56. The highest BCUT2D eigenvalue weighted by Crippen LogP contribution is 2.10. The molecule has 0 radical (unpaired) electrons. The first-order valence-corrected chi connectivity index (χ1v) is 10.6. The maximum absolute atomic E-state index is 5.81. The lowest BCUT2D eigenvalue weighted by molar-refractivity contribution is 0.0945.